The van der Waals surface area contributed by atoms with Crippen LogP contribution in [0.25, 0.3) is 0 Å². The van der Waals surface area contributed by atoms with E-state index in [-0.39, 0.29) is 17.4 Å². The van der Waals surface area contributed by atoms with Crippen LogP contribution in [-0.2, 0) is 11.2 Å². The average molecular weight is 286 g/mol. The number of carbonyl (C=O) groups excluding carboxylic acids is 1. The molecule has 0 N–H and O–H groups in total. The summed E-state index contributed by atoms with van der Waals surface area (Å²) in [7, 11) is 1.45. The van der Waals surface area contributed by atoms with E-state index >= 15 is 0 Å². The minimum absolute atomic E-state index is 0.0334. The van der Waals surface area contributed by atoms with Gasteiger partial charge in [0.05, 0.1) is 18.1 Å². The van der Waals surface area contributed by atoms with Crippen LogP contribution in [0.15, 0.2) is 18.2 Å². The van der Waals surface area contributed by atoms with Gasteiger partial charge in [-0.1, -0.05) is 0 Å². The summed E-state index contributed by atoms with van der Waals surface area (Å²) in [6, 6.07) is 4.53. The van der Waals surface area contributed by atoms with E-state index in [0.29, 0.717) is 30.0 Å². The summed E-state index contributed by atoms with van der Waals surface area (Å²) in [5, 5.41) is 10.8. The van der Waals surface area contributed by atoms with Crippen molar-refractivity contribution in [2.45, 2.75) is 19.8 Å². The van der Waals surface area contributed by atoms with Crippen LogP contribution in [-0.4, -0.2) is 23.7 Å². The average Bonchev–Trinajstić information content (AvgIpc) is 2.37. The van der Waals surface area contributed by atoms with Crippen LogP contribution >= 0.6 is 11.6 Å². The molecule has 0 saturated carbocycles. The highest BCUT2D eigenvalue weighted by molar-refractivity contribution is 6.18. The molecule has 0 heterocycles. The summed E-state index contributed by atoms with van der Waals surface area (Å²) in [5.41, 5.74) is 0.666. The zero-order valence-electron chi connectivity index (χ0n) is 10.9. The molecule has 1 aromatic carbocycles. The Morgan fingerprint density at radius 2 is 2.16 bits per heavy atom. The van der Waals surface area contributed by atoms with Crippen LogP contribution in [0.1, 0.15) is 18.9 Å². The molecule has 104 valence electrons. The number of nitro benzene ring substituents is 1. The maximum absolute atomic E-state index is 11.5. The van der Waals surface area contributed by atoms with Crippen molar-refractivity contribution in [2.75, 3.05) is 13.0 Å². The Kier molecular flexibility index (Phi) is 5.76. The molecule has 0 saturated heterocycles. The number of hydrogen-bond donors (Lipinski definition) is 0. The normalized spacial score (nSPS) is 11.9. The summed E-state index contributed by atoms with van der Waals surface area (Å²) < 4.78 is 5.03. The van der Waals surface area contributed by atoms with Crippen LogP contribution in [0.2, 0.25) is 0 Å². The van der Waals surface area contributed by atoms with E-state index in [1.165, 1.54) is 26.2 Å². The largest absolute Gasteiger partial charge is 0.496 e. The monoisotopic (exact) mass is 285 g/mol. The minimum Gasteiger partial charge on any atom is -0.496 e. The van der Waals surface area contributed by atoms with Gasteiger partial charge in [0.2, 0.25) is 0 Å². The molecule has 0 bridgehead atoms. The molecule has 19 heavy (non-hydrogen) atoms. The van der Waals surface area contributed by atoms with E-state index in [1.54, 1.807) is 6.07 Å². The number of alkyl halides is 1. The summed E-state index contributed by atoms with van der Waals surface area (Å²) >= 11 is 5.66. The molecule has 6 heteroatoms. The fourth-order valence-electron chi connectivity index (χ4n) is 1.85. The van der Waals surface area contributed by atoms with Gasteiger partial charge in [-0.05, 0) is 31.4 Å². The third-order valence-corrected chi connectivity index (χ3v) is 3.13. The van der Waals surface area contributed by atoms with E-state index in [2.05, 4.69) is 0 Å². The number of benzene rings is 1. The Hall–Kier alpha value is -1.62. The predicted octanol–water partition coefficient (Wildman–Crippen LogP) is 2.98. The Labute approximate surface area is 116 Å². The molecule has 0 aromatic heterocycles. The fraction of sp³-hybridized carbons (Fsp3) is 0.462. The number of nitrogens with zero attached hydrogens (tertiary/aromatic N) is 1. The van der Waals surface area contributed by atoms with Crippen molar-refractivity contribution in [3.63, 3.8) is 0 Å². The van der Waals surface area contributed by atoms with Gasteiger partial charge >= 0.3 is 0 Å². The molecule has 1 aromatic rings. The number of Topliss-reactive ketones (excluding diaryl/α,β-unsaturated/α-hetero) is 1. The molecule has 0 spiro atoms. The molecule has 0 aliphatic rings. The number of hydrogen-bond acceptors (Lipinski definition) is 4. The first-order chi connectivity index (χ1) is 8.97. The number of non-ortho nitro benzene ring substituents is 1. The van der Waals surface area contributed by atoms with Crippen molar-refractivity contribution in [2.24, 2.45) is 5.92 Å². The van der Waals surface area contributed by atoms with E-state index < -0.39 is 4.92 Å². The lowest BCUT2D eigenvalue weighted by atomic mass is 9.93. The van der Waals surface area contributed by atoms with Gasteiger partial charge in [-0.15, -0.1) is 11.6 Å². The zero-order valence-corrected chi connectivity index (χ0v) is 11.6. The summed E-state index contributed by atoms with van der Waals surface area (Å²) in [6.07, 6.45) is 0.988. The topological polar surface area (TPSA) is 69.4 Å². The van der Waals surface area contributed by atoms with Crippen molar-refractivity contribution >= 4 is 23.1 Å². The Morgan fingerprint density at radius 3 is 2.63 bits per heavy atom. The zero-order chi connectivity index (χ0) is 14.4. The third kappa shape index (κ3) is 4.52. The van der Waals surface area contributed by atoms with Crippen LogP contribution in [0.5, 0.6) is 5.75 Å². The molecule has 5 nitrogen and oxygen atoms in total. The molecule has 0 radical (unpaired) electrons. The second kappa shape index (κ2) is 7.09. The number of ether oxygens (including phenoxy) is 1. The molecule has 0 fully saturated rings. The molecule has 1 atom stereocenters. The van der Waals surface area contributed by atoms with E-state index in [0.717, 1.165) is 0 Å². The standard InChI is InChI=1S/C13H16ClNO4/c1-9(16)11(3-4-14)5-10-6-12(15(17)18)8-13(7-10)19-2/h6-8,11H,3-5H2,1-2H3. The van der Waals surface area contributed by atoms with Crippen molar-refractivity contribution in [1.82, 2.24) is 0 Å². The van der Waals surface area contributed by atoms with Crippen LogP contribution in [0.3, 0.4) is 0 Å². The number of ketones is 1. The van der Waals surface area contributed by atoms with Crippen molar-refractivity contribution < 1.29 is 14.5 Å². The molecule has 0 aliphatic carbocycles. The quantitative estimate of drug-likeness (QED) is 0.439. The van der Waals surface area contributed by atoms with E-state index in [9.17, 15) is 14.9 Å². The van der Waals surface area contributed by atoms with E-state index in [4.69, 9.17) is 16.3 Å². The Bertz CT molecular complexity index is 476. The molecule has 0 amide bonds. The first kappa shape index (κ1) is 15.4. The lowest BCUT2D eigenvalue weighted by Gasteiger charge is -2.12. The molecular formula is C13H16ClNO4. The lowest BCUT2D eigenvalue weighted by molar-refractivity contribution is -0.385. The first-order valence-corrected chi connectivity index (χ1v) is 6.40. The van der Waals surface area contributed by atoms with Crippen molar-refractivity contribution in [3.8, 4) is 5.75 Å². The van der Waals surface area contributed by atoms with Gasteiger partial charge in [-0.3, -0.25) is 14.9 Å². The fourth-order valence-corrected chi connectivity index (χ4v) is 2.11. The van der Waals surface area contributed by atoms with Gasteiger partial charge in [-0.25, -0.2) is 0 Å². The van der Waals surface area contributed by atoms with Gasteiger partial charge in [0.15, 0.2) is 0 Å². The lowest BCUT2D eigenvalue weighted by Crippen LogP contribution is -2.14. The van der Waals surface area contributed by atoms with Gasteiger partial charge in [0, 0.05) is 17.9 Å². The number of methoxy groups -OCH3 is 1. The highest BCUT2D eigenvalue weighted by Gasteiger charge is 2.17. The number of rotatable bonds is 7. The second-order valence-electron chi connectivity index (χ2n) is 4.29. The van der Waals surface area contributed by atoms with Crippen LogP contribution < -0.4 is 4.74 Å². The Balaban J connectivity index is 3.01. The van der Waals surface area contributed by atoms with Gasteiger partial charge in [0.25, 0.3) is 5.69 Å². The number of nitro groups is 1. The molecule has 1 unspecified atom stereocenters. The summed E-state index contributed by atoms with van der Waals surface area (Å²) in [6.45, 7) is 1.51. The second-order valence-corrected chi connectivity index (χ2v) is 4.66. The molecular weight excluding hydrogens is 270 g/mol. The minimum atomic E-state index is -0.476. The SMILES string of the molecule is COc1cc(CC(CCCl)C(C)=O)cc([N+](=O)[O-])c1. The van der Waals surface area contributed by atoms with Gasteiger partial charge in [-0.2, -0.15) is 0 Å². The highest BCUT2D eigenvalue weighted by atomic mass is 35.5. The smallest absolute Gasteiger partial charge is 0.273 e. The van der Waals surface area contributed by atoms with Gasteiger partial charge < -0.3 is 4.74 Å². The predicted molar refractivity (Wildman–Crippen MR) is 72.9 cm³/mol. The summed E-state index contributed by atoms with van der Waals surface area (Å²) in [4.78, 5) is 21.8. The van der Waals surface area contributed by atoms with Crippen LogP contribution in [0, 0.1) is 16.0 Å². The summed E-state index contributed by atoms with van der Waals surface area (Å²) in [5.74, 6) is 0.615. The number of halogens is 1. The van der Waals surface area contributed by atoms with Gasteiger partial charge in [0.1, 0.15) is 11.5 Å². The van der Waals surface area contributed by atoms with Crippen molar-refractivity contribution in [1.29, 1.82) is 0 Å². The maximum atomic E-state index is 11.5. The highest BCUT2D eigenvalue weighted by Crippen LogP contribution is 2.25. The van der Waals surface area contributed by atoms with Crippen molar-refractivity contribution in [3.05, 3.63) is 33.9 Å². The Morgan fingerprint density at radius 1 is 1.47 bits per heavy atom. The molecule has 0 aliphatic heterocycles. The maximum Gasteiger partial charge on any atom is 0.273 e. The number of carbonyl (C=O) groups is 1. The first-order valence-electron chi connectivity index (χ1n) is 5.86. The van der Waals surface area contributed by atoms with E-state index in [1.807, 2.05) is 0 Å². The van der Waals surface area contributed by atoms with Crippen LogP contribution in [0.4, 0.5) is 5.69 Å². The molecule has 1 rings (SSSR count). The third-order valence-electron chi connectivity index (χ3n) is 2.91.